The predicted molar refractivity (Wildman–Crippen MR) is 100 cm³/mol. The molecule has 134 valence electrons. The van der Waals surface area contributed by atoms with E-state index >= 15 is 0 Å². The van der Waals surface area contributed by atoms with E-state index in [4.69, 9.17) is 4.74 Å². The number of amides is 1. The zero-order valence-corrected chi connectivity index (χ0v) is 17.2. The van der Waals surface area contributed by atoms with E-state index in [0.29, 0.717) is 0 Å². The molecule has 24 heavy (non-hydrogen) atoms. The molecule has 2 rings (SSSR count). The molecule has 1 saturated heterocycles. The summed E-state index contributed by atoms with van der Waals surface area (Å²) in [5.74, 6) is 0.688. The molecule has 1 aliphatic heterocycles. The summed E-state index contributed by atoms with van der Waals surface area (Å²) in [5.41, 5.74) is 2.49. The van der Waals surface area contributed by atoms with E-state index in [1.54, 1.807) is 0 Å². The molecule has 0 unspecified atom stereocenters. The van der Waals surface area contributed by atoms with Crippen LogP contribution < -0.4 is 15.4 Å². The average molecular weight is 398 g/mol. The summed E-state index contributed by atoms with van der Waals surface area (Å²) in [4.78, 5) is 12.3. The number of hydrogen-bond acceptors (Lipinski definition) is 2. The van der Waals surface area contributed by atoms with Crippen molar-refractivity contribution in [2.75, 3.05) is 6.61 Å². The molecule has 1 fully saturated rings. The number of quaternary nitrogens is 1. The van der Waals surface area contributed by atoms with Crippen LogP contribution in [-0.2, 0) is 4.79 Å². The van der Waals surface area contributed by atoms with Crippen LogP contribution in [0.3, 0.4) is 0 Å². The molecule has 1 aromatic rings. The van der Waals surface area contributed by atoms with Gasteiger partial charge in [0.2, 0.25) is 0 Å². The number of nitrogens with one attached hydrogen (secondary N) is 1. The van der Waals surface area contributed by atoms with E-state index < -0.39 is 0 Å². The summed E-state index contributed by atoms with van der Waals surface area (Å²) in [6, 6.07) is 4.10. The van der Waals surface area contributed by atoms with Crippen LogP contribution in [0.25, 0.3) is 0 Å². The van der Waals surface area contributed by atoms with E-state index in [2.05, 4.69) is 54.3 Å². The third-order valence-electron chi connectivity index (χ3n) is 4.47. The molecular formula is C19H30BrN2O2+. The van der Waals surface area contributed by atoms with Crippen LogP contribution in [0.2, 0.25) is 0 Å². The molecule has 0 spiro atoms. The van der Waals surface area contributed by atoms with Gasteiger partial charge in [-0.3, -0.25) is 4.79 Å². The summed E-state index contributed by atoms with van der Waals surface area (Å²) in [5, 5.41) is 5.56. The fraction of sp³-hybridized carbons (Fsp3) is 0.632. The molecule has 0 saturated carbocycles. The maximum absolute atomic E-state index is 12.3. The number of hydrogen-bond donors (Lipinski definition) is 2. The molecule has 3 N–H and O–H groups in total. The molecule has 1 aliphatic rings. The van der Waals surface area contributed by atoms with Gasteiger partial charge in [-0.15, -0.1) is 0 Å². The number of halogens is 1. The number of benzene rings is 1. The van der Waals surface area contributed by atoms with Crippen LogP contribution >= 0.6 is 15.9 Å². The maximum Gasteiger partial charge on any atom is 0.258 e. The van der Waals surface area contributed by atoms with Crippen LogP contribution in [0, 0.1) is 13.8 Å². The number of piperidine rings is 1. The highest BCUT2D eigenvalue weighted by atomic mass is 79.9. The van der Waals surface area contributed by atoms with Crippen molar-refractivity contribution < 1.29 is 14.8 Å². The minimum atomic E-state index is -0.0493. The molecule has 1 aromatic carbocycles. The number of carbonyl (C=O) groups is 1. The first kappa shape index (κ1) is 19.3. The zero-order chi connectivity index (χ0) is 18.1. The molecule has 0 bridgehead atoms. The molecule has 4 nitrogen and oxygen atoms in total. The Balaban J connectivity index is 1.92. The SMILES string of the molecule is Cc1cc(OCC(=O)NC2CC(C)(C)[NH2+]C(C)(C)C2)cc(C)c1Br. The highest BCUT2D eigenvalue weighted by Gasteiger charge is 2.42. The third-order valence-corrected chi connectivity index (χ3v) is 5.72. The summed E-state index contributed by atoms with van der Waals surface area (Å²) in [6.45, 7) is 13.0. The van der Waals surface area contributed by atoms with Gasteiger partial charge in [0.1, 0.15) is 5.75 Å². The minimum absolute atomic E-state index is 0.0493. The van der Waals surface area contributed by atoms with Crippen molar-refractivity contribution in [3.05, 3.63) is 27.7 Å². The van der Waals surface area contributed by atoms with Crippen molar-refractivity contribution in [1.29, 1.82) is 0 Å². The van der Waals surface area contributed by atoms with Crippen molar-refractivity contribution in [2.45, 2.75) is 71.5 Å². The minimum Gasteiger partial charge on any atom is -0.484 e. The van der Waals surface area contributed by atoms with Crippen molar-refractivity contribution in [3.63, 3.8) is 0 Å². The smallest absolute Gasteiger partial charge is 0.258 e. The lowest BCUT2D eigenvalue weighted by molar-refractivity contribution is -0.787. The van der Waals surface area contributed by atoms with Crippen LogP contribution in [0.5, 0.6) is 5.75 Å². The van der Waals surface area contributed by atoms with Gasteiger partial charge in [-0.1, -0.05) is 15.9 Å². The summed E-state index contributed by atoms with van der Waals surface area (Å²) in [7, 11) is 0. The quantitative estimate of drug-likeness (QED) is 0.820. The van der Waals surface area contributed by atoms with Gasteiger partial charge >= 0.3 is 0 Å². The zero-order valence-electron chi connectivity index (χ0n) is 15.6. The molecule has 0 radical (unpaired) electrons. The Labute approximate surface area is 153 Å². The Hall–Kier alpha value is -1.07. The van der Waals surface area contributed by atoms with E-state index in [1.807, 2.05) is 26.0 Å². The Kier molecular flexibility index (Phi) is 5.65. The fourth-order valence-electron chi connectivity index (χ4n) is 4.03. The first-order valence-electron chi connectivity index (χ1n) is 8.53. The topological polar surface area (TPSA) is 54.9 Å². The third kappa shape index (κ3) is 5.21. The number of rotatable bonds is 4. The molecular weight excluding hydrogens is 368 g/mol. The second kappa shape index (κ2) is 7.04. The van der Waals surface area contributed by atoms with Gasteiger partial charge in [0.15, 0.2) is 6.61 Å². The number of ether oxygens (including phenoxy) is 1. The lowest BCUT2D eigenvalue weighted by Gasteiger charge is -2.43. The Morgan fingerprint density at radius 2 is 1.71 bits per heavy atom. The Bertz CT molecular complexity index is 587. The summed E-state index contributed by atoms with van der Waals surface area (Å²) in [6.07, 6.45) is 1.94. The molecule has 1 amide bonds. The number of carbonyl (C=O) groups excluding carboxylic acids is 1. The van der Waals surface area contributed by atoms with Crippen LogP contribution in [0.1, 0.15) is 51.7 Å². The molecule has 0 atom stereocenters. The van der Waals surface area contributed by atoms with Gasteiger partial charge in [0.25, 0.3) is 5.91 Å². The number of nitrogens with two attached hydrogens (primary N) is 1. The van der Waals surface area contributed by atoms with Crippen molar-refractivity contribution in [2.24, 2.45) is 0 Å². The van der Waals surface area contributed by atoms with Gasteiger partial charge in [-0.05, 0) is 64.8 Å². The van der Waals surface area contributed by atoms with Crippen molar-refractivity contribution in [3.8, 4) is 5.75 Å². The fourth-order valence-corrected chi connectivity index (χ4v) is 4.26. The normalized spacial score (nSPS) is 19.8. The lowest BCUT2D eigenvalue weighted by Crippen LogP contribution is -3.06. The van der Waals surface area contributed by atoms with E-state index in [1.165, 1.54) is 0 Å². The van der Waals surface area contributed by atoms with Gasteiger partial charge in [-0.25, -0.2) is 0 Å². The lowest BCUT2D eigenvalue weighted by atomic mass is 9.79. The van der Waals surface area contributed by atoms with Gasteiger partial charge in [-0.2, -0.15) is 0 Å². The second-order valence-electron chi connectivity index (χ2n) is 8.45. The Morgan fingerprint density at radius 1 is 1.21 bits per heavy atom. The molecule has 5 heteroatoms. The van der Waals surface area contributed by atoms with Crippen molar-refractivity contribution >= 4 is 21.8 Å². The second-order valence-corrected chi connectivity index (χ2v) is 9.25. The summed E-state index contributed by atoms with van der Waals surface area (Å²) >= 11 is 3.54. The van der Waals surface area contributed by atoms with E-state index in [9.17, 15) is 4.79 Å². The summed E-state index contributed by atoms with van der Waals surface area (Å²) < 4.78 is 6.77. The highest BCUT2D eigenvalue weighted by Crippen LogP contribution is 2.26. The van der Waals surface area contributed by atoms with E-state index in [-0.39, 0.29) is 29.6 Å². The van der Waals surface area contributed by atoms with Gasteiger partial charge in [0, 0.05) is 23.4 Å². The molecule has 1 heterocycles. The van der Waals surface area contributed by atoms with Crippen LogP contribution in [-0.4, -0.2) is 29.6 Å². The number of aryl methyl sites for hydroxylation is 2. The monoisotopic (exact) mass is 397 g/mol. The first-order valence-corrected chi connectivity index (χ1v) is 9.33. The predicted octanol–water partition coefficient (Wildman–Crippen LogP) is 2.84. The van der Waals surface area contributed by atoms with Gasteiger partial charge < -0.3 is 15.4 Å². The molecule has 0 aliphatic carbocycles. The van der Waals surface area contributed by atoms with Gasteiger partial charge in [0.05, 0.1) is 11.1 Å². The Morgan fingerprint density at radius 3 is 2.21 bits per heavy atom. The standard InChI is InChI=1S/C19H29BrN2O2/c1-12-7-15(8-13(2)17(12)20)24-11-16(23)21-14-9-18(3,4)22-19(5,6)10-14/h7-8,14,22H,9-11H2,1-6H3,(H,21,23)/p+1. The largest absolute Gasteiger partial charge is 0.484 e. The van der Waals surface area contributed by atoms with Crippen LogP contribution in [0.15, 0.2) is 16.6 Å². The van der Waals surface area contributed by atoms with Crippen molar-refractivity contribution in [1.82, 2.24) is 5.32 Å². The van der Waals surface area contributed by atoms with Crippen LogP contribution in [0.4, 0.5) is 0 Å². The maximum atomic E-state index is 12.3. The first-order chi connectivity index (χ1) is 11.0. The average Bonchev–Trinajstić information content (AvgIpc) is 2.38. The highest BCUT2D eigenvalue weighted by molar-refractivity contribution is 9.10. The molecule has 0 aromatic heterocycles. The van der Waals surface area contributed by atoms with E-state index in [0.717, 1.165) is 34.2 Å².